The summed E-state index contributed by atoms with van der Waals surface area (Å²) in [7, 11) is 1.83. The zero-order valence-electron chi connectivity index (χ0n) is 12.9. The highest BCUT2D eigenvalue weighted by Gasteiger charge is 2.14. The van der Waals surface area contributed by atoms with Crippen LogP contribution in [0.5, 0.6) is 0 Å². The maximum atomic E-state index is 13.3. The normalized spacial score (nSPS) is 13.2. The van der Waals surface area contributed by atoms with E-state index >= 15 is 0 Å². The van der Waals surface area contributed by atoms with E-state index in [4.69, 9.17) is 0 Å². The molecule has 20 heavy (non-hydrogen) atoms. The summed E-state index contributed by atoms with van der Waals surface area (Å²) in [5.41, 5.74) is 0.672. The average Bonchev–Trinajstić information content (AvgIpc) is 2.36. The van der Waals surface area contributed by atoms with Crippen molar-refractivity contribution in [3.05, 3.63) is 35.4 Å². The standard InChI is InChI=1S/C16H26F2N2/c1-5-20(11-12(2)3)7-6-16(19-4)13-8-14(17)10-15(18)9-13/h8-10,12,16,19H,5-7,11H2,1-4H3. The number of nitrogens with one attached hydrogen (secondary N) is 1. The summed E-state index contributed by atoms with van der Waals surface area (Å²) in [5, 5.41) is 3.15. The van der Waals surface area contributed by atoms with E-state index in [0.717, 1.165) is 32.1 Å². The largest absolute Gasteiger partial charge is 0.313 e. The van der Waals surface area contributed by atoms with E-state index in [0.29, 0.717) is 11.5 Å². The fourth-order valence-corrected chi connectivity index (χ4v) is 2.46. The van der Waals surface area contributed by atoms with Crippen LogP contribution < -0.4 is 5.32 Å². The Balaban J connectivity index is 2.66. The molecular formula is C16H26F2N2. The van der Waals surface area contributed by atoms with Crippen molar-refractivity contribution in [3.63, 3.8) is 0 Å². The predicted octanol–water partition coefficient (Wildman–Crippen LogP) is 3.59. The number of benzene rings is 1. The monoisotopic (exact) mass is 284 g/mol. The molecule has 0 bridgehead atoms. The first kappa shape index (κ1) is 17.1. The molecule has 0 aromatic heterocycles. The van der Waals surface area contributed by atoms with Crippen molar-refractivity contribution in [2.24, 2.45) is 5.92 Å². The molecule has 0 heterocycles. The summed E-state index contributed by atoms with van der Waals surface area (Å²) in [4.78, 5) is 2.37. The second kappa shape index (κ2) is 8.32. The fourth-order valence-electron chi connectivity index (χ4n) is 2.46. The van der Waals surface area contributed by atoms with Crippen LogP contribution in [0.25, 0.3) is 0 Å². The van der Waals surface area contributed by atoms with Crippen LogP contribution in [0.1, 0.15) is 38.8 Å². The summed E-state index contributed by atoms with van der Waals surface area (Å²) >= 11 is 0. The molecule has 0 saturated heterocycles. The first-order valence-corrected chi connectivity index (χ1v) is 7.31. The van der Waals surface area contributed by atoms with Gasteiger partial charge in [-0.2, -0.15) is 0 Å². The molecule has 1 N–H and O–H groups in total. The van der Waals surface area contributed by atoms with Gasteiger partial charge in [0.2, 0.25) is 0 Å². The summed E-state index contributed by atoms with van der Waals surface area (Å²) in [5.74, 6) is -0.417. The van der Waals surface area contributed by atoms with E-state index in [9.17, 15) is 8.78 Å². The lowest BCUT2D eigenvalue weighted by molar-refractivity contribution is 0.243. The molecule has 0 radical (unpaired) electrons. The Kier molecular flexibility index (Phi) is 7.10. The summed E-state index contributed by atoms with van der Waals surface area (Å²) in [6.45, 7) is 9.48. The maximum Gasteiger partial charge on any atom is 0.126 e. The Morgan fingerprint density at radius 3 is 2.20 bits per heavy atom. The topological polar surface area (TPSA) is 15.3 Å². The van der Waals surface area contributed by atoms with Crippen molar-refractivity contribution in [2.75, 3.05) is 26.7 Å². The summed E-state index contributed by atoms with van der Waals surface area (Å²) < 4.78 is 26.6. The zero-order valence-corrected chi connectivity index (χ0v) is 12.9. The molecule has 0 aliphatic rings. The van der Waals surface area contributed by atoms with Gasteiger partial charge in [-0.1, -0.05) is 20.8 Å². The van der Waals surface area contributed by atoms with Crippen LogP contribution in [0.2, 0.25) is 0 Å². The minimum atomic E-state index is -0.519. The minimum absolute atomic E-state index is 0.0265. The quantitative estimate of drug-likeness (QED) is 0.785. The third kappa shape index (κ3) is 5.55. The first-order chi connectivity index (χ1) is 9.46. The molecular weight excluding hydrogens is 258 g/mol. The van der Waals surface area contributed by atoms with Crippen LogP contribution in [-0.2, 0) is 0 Å². The highest BCUT2D eigenvalue weighted by Crippen LogP contribution is 2.19. The lowest BCUT2D eigenvalue weighted by Gasteiger charge is -2.25. The van der Waals surface area contributed by atoms with E-state index in [2.05, 4.69) is 31.0 Å². The molecule has 0 aliphatic heterocycles. The van der Waals surface area contributed by atoms with Gasteiger partial charge in [-0.3, -0.25) is 0 Å². The third-order valence-corrected chi connectivity index (χ3v) is 3.44. The highest BCUT2D eigenvalue weighted by atomic mass is 19.1. The Labute approximate surface area is 121 Å². The number of nitrogens with zero attached hydrogens (tertiary/aromatic N) is 1. The maximum absolute atomic E-state index is 13.3. The molecule has 0 fully saturated rings. The van der Waals surface area contributed by atoms with Gasteiger partial charge in [0.05, 0.1) is 0 Å². The lowest BCUT2D eigenvalue weighted by Crippen LogP contribution is -2.31. The number of halogens is 2. The Morgan fingerprint density at radius 1 is 1.15 bits per heavy atom. The summed E-state index contributed by atoms with van der Waals surface area (Å²) in [6, 6.07) is 3.70. The van der Waals surface area contributed by atoms with Crippen molar-refractivity contribution in [3.8, 4) is 0 Å². The van der Waals surface area contributed by atoms with Crippen molar-refractivity contribution in [1.29, 1.82) is 0 Å². The van der Waals surface area contributed by atoms with Gasteiger partial charge in [-0.25, -0.2) is 8.78 Å². The molecule has 0 aliphatic carbocycles. The molecule has 4 heteroatoms. The Hall–Kier alpha value is -1.00. The minimum Gasteiger partial charge on any atom is -0.313 e. The van der Waals surface area contributed by atoms with E-state index in [1.54, 1.807) is 0 Å². The van der Waals surface area contributed by atoms with Gasteiger partial charge in [0.1, 0.15) is 11.6 Å². The molecule has 2 nitrogen and oxygen atoms in total. The van der Waals surface area contributed by atoms with Gasteiger partial charge >= 0.3 is 0 Å². The van der Waals surface area contributed by atoms with Crippen LogP contribution >= 0.6 is 0 Å². The number of hydrogen-bond acceptors (Lipinski definition) is 2. The van der Waals surface area contributed by atoms with E-state index < -0.39 is 11.6 Å². The molecule has 0 saturated carbocycles. The first-order valence-electron chi connectivity index (χ1n) is 7.31. The highest BCUT2D eigenvalue weighted by molar-refractivity contribution is 5.21. The smallest absolute Gasteiger partial charge is 0.126 e. The van der Waals surface area contributed by atoms with E-state index in [1.165, 1.54) is 12.1 Å². The molecule has 1 unspecified atom stereocenters. The molecule has 1 rings (SSSR count). The Bertz CT molecular complexity index is 387. The van der Waals surface area contributed by atoms with Crippen molar-refractivity contribution in [2.45, 2.75) is 33.2 Å². The van der Waals surface area contributed by atoms with Crippen LogP contribution in [-0.4, -0.2) is 31.6 Å². The van der Waals surface area contributed by atoms with Crippen molar-refractivity contribution in [1.82, 2.24) is 10.2 Å². The molecule has 1 aromatic rings. The fraction of sp³-hybridized carbons (Fsp3) is 0.625. The molecule has 1 atom stereocenters. The van der Waals surface area contributed by atoms with Gasteiger partial charge in [0.25, 0.3) is 0 Å². The SMILES string of the molecule is CCN(CCC(NC)c1cc(F)cc(F)c1)CC(C)C. The Morgan fingerprint density at radius 2 is 1.75 bits per heavy atom. The van der Waals surface area contributed by atoms with E-state index in [1.807, 2.05) is 7.05 Å². The lowest BCUT2D eigenvalue weighted by atomic mass is 10.0. The van der Waals surface area contributed by atoms with Gasteiger partial charge in [0.15, 0.2) is 0 Å². The molecule has 1 aromatic carbocycles. The van der Waals surface area contributed by atoms with Gasteiger partial charge in [-0.05, 0) is 50.2 Å². The van der Waals surface area contributed by atoms with Crippen molar-refractivity contribution >= 4 is 0 Å². The second-order valence-corrected chi connectivity index (χ2v) is 5.62. The van der Waals surface area contributed by atoms with E-state index in [-0.39, 0.29) is 6.04 Å². The van der Waals surface area contributed by atoms with Crippen LogP contribution in [0, 0.1) is 17.6 Å². The molecule has 0 amide bonds. The van der Waals surface area contributed by atoms with Gasteiger partial charge < -0.3 is 10.2 Å². The predicted molar refractivity (Wildman–Crippen MR) is 79.7 cm³/mol. The van der Waals surface area contributed by atoms with Gasteiger partial charge in [-0.15, -0.1) is 0 Å². The summed E-state index contributed by atoms with van der Waals surface area (Å²) in [6.07, 6.45) is 0.833. The zero-order chi connectivity index (χ0) is 15.1. The average molecular weight is 284 g/mol. The van der Waals surface area contributed by atoms with Gasteiger partial charge in [0, 0.05) is 18.7 Å². The molecule has 114 valence electrons. The number of hydrogen-bond donors (Lipinski definition) is 1. The molecule has 0 spiro atoms. The van der Waals surface area contributed by atoms with Crippen LogP contribution in [0.4, 0.5) is 8.78 Å². The third-order valence-electron chi connectivity index (χ3n) is 3.44. The van der Waals surface area contributed by atoms with Crippen LogP contribution in [0.3, 0.4) is 0 Å². The van der Waals surface area contributed by atoms with Crippen molar-refractivity contribution < 1.29 is 8.78 Å². The van der Waals surface area contributed by atoms with Crippen LogP contribution in [0.15, 0.2) is 18.2 Å². The second-order valence-electron chi connectivity index (χ2n) is 5.62. The number of rotatable bonds is 8.